The van der Waals surface area contributed by atoms with Crippen molar-refractivity contribution < 1.29 is 0 Å². The van der Waals surface area contributed by atoms with Crippen molar-refractivity contribution in [1.29, 1.82) is 0 Å². The summed E-state index contributed by atoms with van der Waals surface area (Å²) in [6.45, 7) is 4.35. The molecule has 0 spiro atoms. The first kappa shape index (κ1) is 7.74. The minimum absolute atomic E-state index is 1.01. The lowest BCUT2D eigenvalue weighted by atomic mass is 10.0. The lowest BCUT2D eigenvalue weighted by Gasteiger charge is -2.24. The fourth-order valence-corrected chi connectivity index (χ4v) is 1.76. The third-order valence-electron chi connectivity index (χ3n) is 2.54. The van der Waals surface area contributed by atoms with Crippen LogP contribution < -0.4 is 0 Å². The maximum absolute atomic E-state index is 4.39. The molecule has 0 N–H and O–H groups in total. The Kier molecular flexibility index (Phi) is 1.85. The zero-order chi connectivity index (χ0) is 8.55. The van der Waals surface area contributed by atoms with Crippen molar-refractivity contribution in [2.75, 3.05) is 13.6 Å². The summed E-state index contributed by atoms with van der Waals surface area (Å²) in [7, 11) is 2.15. The zero-order valence-corrected chi connectivity index (χ0v) is 7.67. The lowest BCUT2D eigenvalue weighted by molar-refractivity contribution is 0.307. The molecule has 1 aromatic rings. The molecule has 2 nitrogen and oxygen atoms in total. The highest BCUT2D eigenvalue weighted by Crippen LogP contribution is 2.18. The van der Waals surface area contributed by atoms with Crippen molar-refractivity contribution in [1.82, 2.24) is 9.88 Å². The summed E-state index contributed by atoms with van der Waals surface area (Å²) in [6, 6.07) is 2.10. The zero-order valence-electron chi connectivity index (χ0n) is 7.67. The van der Waals surface area contributed by atoms with Gasteiger partial charge in [-0.05, 0) is 37.6 Å². The Morgan fingerprint density at radius 2 is 2.33 bits per heavy atom. The van der Waals surface area contributed by atoms with Gasteiger partial charge in [0.2, 0.25) is 0 Å². The van der Waals surface area contributed by atoms with Crippen LogP contribution in [0.2, 0.25) is 0 Å². The molecule has 0 bridgehead atoms. The van der Waals surface area contributed by atoms with Crippen molar-refractivity contribution in [3.8, 4) is 0 Å². The maximum Gasteiger partial charge on any atom is 0.0578 e. The number of hydrogen-bond donors (Lipinski definition) is 0. The Morgan fingerprint density at radius 3 is 3.17 bits per heavy atom. The van der Waals surface area contributed by atoms with E-state index in [1.807, 2.05) is 6.20 Å². The molecule has 2 heterocycles. The molecule has 0 saturated heterocycles. The average Bonchev–Trinajstić information content (AvgIpc) is 2.04. The van der Waals surface area contributed by atoms with Crippen LogP contribution in [0.15, 0.2) is 12.3 Å². The summed E-state index contributed by atoms with van der Waals surface area (Å²) in [5.41, 5.74) is 4.13. The Hall–Kier alpha value is -0.890. The fraction of sp³-hybridized carbons (Fsp3) is 0.500. The molecule has 0 unspecified atom stereocenters. The van der Waals surface area contributed by atoms with Crippen molar-refractivity contribution in [2.24, 2.45) is 0 Å². The van der Waals surface area contributed by atoms with E-state index in [-0.39, 0.29) is 0 Å². The SMILES string of the molecule is Cc1ccnc2c1CCN(C)C2. The van der Waals surface area contributed by atoms with E-state index in [9.17, 15) is 0 Å². The number of nitrogens with zero attached hydrogens (tertiary/aromatic N) is 2. The van der Waals surface area contributed by atoms with Gasteiger partial charge in [-0.3, -0.25) is 4.98 Å². The highest BCUT2D eigenvalue weighted by molar-refractivity contribution is 5.30. The quantitative estimate of drug-likeness (QED) is 0.573. The second-order valence-electron chi connectivity index (χ2n) is 3.54. The summed E-state index contributed by atoms with van der Waals surface area (Å²) in [5, 5.41) is 0. The Balaban J connectivity index is 2.42. The van der Waals surface area contributed by atoms with Gasteiger partial charge in [-0.1, -0.05) is 0 Å². The smallest absolute Gasteiger partial charge is 0.0578 e. The molecule has 12 heavy (non-hydrogen) atoms. The molecule has 0 amide bonds. The number of hydrogen-bond acceptors (Lipinski definition) is 2. The average molecular weight is 162 g/mol. The Morgan fingerprint density at radius 1 is 1.50 bits per heavy atom. The third-order valence-corrected chi connectivity index (χ3v) is 2.54. The Bertz CT molecular complexity index is 294. The van der Waals surface area contributed by atoms with Crippen molar-refractivity contribution in [2.45, 2.75) is 19.9 Å². The third kappa shape index (κ3) is 1.23. The van der Waals surface area contributed by atoms with Crippen molar-refractivity contribution in [3.63, 3.8) is 0 Å². The van der Waals surface area contributed by atoms with Gasteiger partial charge in [-0.15, -0.1) is 0 Å². The van der Waals surface area contributed by atoms with E-state index >= 15 is 0 Å². The molecule has 1 aliphatic rings. The van der Waals surface area contributed by atoms with Gasteiger partial charge in [0.15, 0.2) is 0 Å². The maximum atomic E-state index is 4.39. The fourth-order valence-electron chi connectivity index (χ4n) is 1.76. The van der Waals surface area contributed by atoms with Gasteiger partial charge in [-0.25, -0.2) is 0 Å². The number of likely N-dealkylation sites (N-methyl/N-ethyl adjacent to an activating group) is 1. The summed E-state index contributed by atoms with van der Waals surface area (Å²) in [5.74, 6) is 0. The molecule has 2 rings (SSSR count). The van der Waals surface area contributed by atoms with E-state index in [0.29, 0.717) is 0 Å². The molecule has 64 valence electrons. The van der Waals surface area contributed by atoms with E-state index in [4.69, 9.17) is 0 Å². The standard InChI is InChI=1S/C10H14N2/c1-8-3-5-11-10-7-12(2)6-4-9(8)10/h3,5H,4,6-7H2,1-2H3. The highest BCUT2D eigenvalue weighted by atomic mass is 15.1. The molecule has 2 heteroatoms. The number of fused-ring (bicyclic) bond motifs is 1. The highest BCUT2D eigenvalue weighted by Gasteiger charge is 2.14. The van der Waals surface area contributed by atoms with Gasteiger partial charge in [0, 0.05) is 19.3 Å². The predicted molar refractivity (Wildman–Crippen MR) is 49.0 cm³/mol. The van der Waals surface area contributed by atoms with Gasteiger partial charge >= 0.3 is 0 Å². The summed E-state index contributed by atoms with van der Waals surface area (Å²) in [6.07, 6.45) is 3.07. The van der Waals surface area contributed by atoms with Crippen LogP contribution >= 0.6 is 0 Å². The Labute approximate surface area is 73.2 Å². The lowest BCUT2D eigenvalue weighted by Crippen LogP contribution is -2.27. The molecule has 0 radical (unpaired) electrons. The van der Waals surface area contributed by atoms with Crippen molar-refractivity contribution >= 4 is 0 Å². The van der Waals surface area contributed by atoms with E-state index in [0.717, 1.165) is 13.0 Å². The molecule has 0 saturated carbocycles. The van der Waals surface area contributed by atoms with Gasteiger partial charge in [0.25, 0.3) is 0 Å². The largest absolute Gasteiger partial charge is 0.300 e. The van der Waals surface area contributed by atoms with Crippen LogP contribution in [0.3, 0.4) is 0 Å². The normalized spacial score (nSPS) is 17.5. The predicted octanol–water partition coefficient (Wildman–Crippen LogP) is 1.38. The van der Waals surface area contributed by atoms with Gasteiger partial charge in [0.05, 0.1) is 5.69 Å². The number of aryl methyl sites for hydroxylation is 1. The first-order valence-corrected chi connectivity index (χ1v) is 4.39. The topological polar surface area (TPSA) is 16.1 Å². The minimum atomic E-state index is 1.01. The molecule has 0 aliphatic carbocycles. The van der Waals surface area contributed by atoms with Gasteiger partial charge in [-0.2, -0.15) is 0 Å². The van der Waals surface area contributed by atoms with Crippen LogP contribution in [0.4, 0.5) is 0 Å². The molecule has 0 aromatic carbocycles. The van der Waals surface area contributed by atoms with Crippen LogP contribution in [0.25, 0.3) is 0 Å². The van der Waals surface area contributed by atoms with E-state index in [1.165, 1.54) is 23.4 Å². The molecular weight excluding hydrogens is 148 g/mol. The first-order valence-electron chi connectivity index (χ1n) is 4.39. The van der Waals surface area contributed by atoms with Crippen LogP contribution in [-0.4, -0.2) is 23.5 Å². The molecule has 0 fully saturated rings. The van der Waals surface area contributed by atoms with Crippen LogP contribution in [-0.2, 0) is 13.0 Å². The van der Waals surface area contributed by atoms with E-state index in [2.05, 4.69) is 29.9 Å². The minimum Gasteiger partial charge on any atom is -0.300 e. The molecule has 1 aromatic heterocycles. The van der Waals surface area contributed by atoms with Gasteiger partial charge < -0.3 is 4.90 Å². The van der Waals surface area contributed by atoms with Crippen LogP contribution in [0, 0.1) is 6.92 Å². The first-order chi connectivity index (χ1) is 5.77. The number of aromatic nitrogens is 1. The van der Waals surface area contributed by atoms with Gasteiger partial charge in [0.1, 0.15) is 0 Å². The van der Waals surface area contributed by atoms with E-state index in [1.54, 1.807) is 0 Å². The monoisotopic (exact) mass is 162 g/mol. The number of pyridine rings is 1. The molecule has 0 atom stereocenters. The van der Waals surface area contributed by atoms with Crippen LogP contribution in [0.1, 0.15) is 16.8 Å². The summed E-state index contributed by atoms with van der Waals surface area (Å²) in [4.78, 5) is 6.70. The van der Waals surface area contributed by atoms with Crippen molar-refractivity contribution in [3.05, 3.63) is 29.1 Å². The molecular formula is C10H14N2. The second kappa shape index (κ2) is 2.87. The van der Waals surface area contributed by atoms with Crippen LogP contribution in [0.5, 0.6) is 0 Å². The molecule has 1 aliphatic heterocycles. The number of rotatable bonds is 0. The van der Waals surface area contributed by atoms with E-state index < -0.39 is 0 Å². The summed E-state index contributed by atoms with van der Waals surface area (Å²) < 4.78 is 0. The second-order valence-corrected chi connectivity index (χ2v) is 3.54. The summed E-state index contributed by atoms with van der Waals surface area (Å²) >= 11 is 0.